The van der Waals surface area contributed by atoms with Gasteiger partial charge in [0.25, 0.3) is 0 Å². The van der Waals surface area contributed by atoms with Crippen LogP contribution in [0.5, 0.6) is 0 Å². The Kier molecular flexibility index (Phi) is 3.76. The third kappa shape index (κ3) is 2.71. The van der Waals surface area contributed by atoms with Gasteiger partial charge in [0.15, 0.2) is 0 Å². The van der Waals surface area contributed by atoms with Crippen molar-refractivity contribution in [1.82, 2.24) is 5.32 Å². The van der Waals surface area contributed by atoms with Crippen LogP contribution in [0.4, 0.5) is 0 Å². The molecule has 0 aromatic heterocycles. The summed E-state index contributed by atoms with van der Waals surface area (Å²) < 4.78 is 0. The fourth-order valence-electron chi connectivity index (χ4n) is 1.36. The van der Waals surface area contributed by atoms with E-state index in [1.54, 1.807) is 0 Å². The van der Waals surface area contributed by atoms with Gasteiger partial charge in [0.05, 0.1) is 0 Å². The summed E-state index contributed by atoms with van der Waals surface area (Å²) in [6.07, 6.45) is 0. The van der Waals surface area contributed by atoms with Crippen LogP contribution >= 0.6 is 11.6 Å². The van der Waals surface area contributed by atoms with Crippen LogP contribution in [0.2, 0.25) is 5.02 Å². The van der Waals surface area contributed by atoms with Crippen molar-refractivity contribution in [2.45, 2.75) is 26.8 Å². The number of halogens is 1. The molecule has 0 saturated heterocycles. The molecule has 0 bridgehead atoms. The first-order valence-electron chi connectivity index (χ1n) is 4.64. The van der Waals surface area contributed by atoms with Gasteiger partial charge in [-0.25, -0.2) is 0 Å². The van der Waals surface area contributed by atoms with Crippen molar-refractivity contribution in [3.8, 4) is 0 Å². The molecule has 1 unspecified atom stereocenters. The van der Waals surface area contributed by atoms with Crippen molar-refractivity contribution in [3.05, 3.63) is 34.3 Å². The summed E-state index contributed by atoms with van der Waals surface area (Å²) >= 11 is 5.94. The molecule has 2 heteroatoms. The van der Waals surface area contributed by atoms with Gasteiger partial charge in [-0.3, -0.25) is 0 Å². The summed E-state index contributed by atoms with van der Waals surface area (Å²) in [6.45, 7) is 7.29. The first kappa shape index (κ1) is 10.6. The highest BCUT2D eigenvalue weighted by Crippen LogP contribution is 2.20. The van der Waals surface area contributed by atoms with E-state index < -0.39 is 0 Å². The number of nitrogens with one attached hydrogen (secondary N) is 1. The molecule has 0 aliphatic carbocycles. The number of hydrogen-bond donors (Lipinski definition) is 1. The highest BCUT2D eigenvalue weighted by molar-refractivity contribution is 6.31. The van der Waals surface area contributed by atoms with Gasteiger partial charge in [-0.2, -0.15) is 0 Å². The first-order chi connectivity index (χ1) is 6.15. The predicted octanol–water partition coefficient (Wildman–Crippen LogP) is 3.32. The van der Waals surface area contributed by atoms with E-state index in [1.807, 2.05) is 13.0 Å². The van der Waals surface area contributed by atoms with Crippen LogP contribution in [0.25, 0.3) is 0 Å². The Morgan fingerprint density at radius 2 is 2.15 bits per heavy atom. The maximum absolute atomic E-state index is 5.94. The summed E-state index contributed by atoms with van der Waals surface area (Å²) in [4.78, 5) is 0. The van der Waals surface area contributed by atoms with Crippen LogP contribution in [0.3, 0.4) is 0 Å². The molecule has 1 atom stereocenters. The molecule has 1 aromatic rings. The maximum Gasteiger partial charge on any atom is 0.0435 e. The largest absolute Gasteiger partial charge is 0.310 e. The topological polar surface area (TPSA) is 12.0 Å². The molecule has 0 aliphatic rings. The predicted molar refractivity (Wildman–Crippen MR) is 58.3 cm³/mol. The van der Waals surface area contributed by atoms with Crippen molar-refractivity contribution < 1.29 is 0 Å². The summed E-state index contributed by atoms with van der Waals surface area (Å²) in [5, 5.41) is 4.21. The molecule has 13 heavy (non-hydrogen) atoms. The van der Waals surface area contributed by atoms with Crippen molar-refractivity contribution in [3.63, 3.8) is 0 Å². The van der Waals surface area contributed by atoms with Crippen molar-refractivity contribution in [2.24, 2.45) is 0 Å². The van der Waals surface area contributed by atoms with E-state index in [-0.39, 0.29) is 0 Å². The molecular weight excluding hydrogens is 182 g/mol. The molecule has 0 radical (unpaired) electrons. The molecule has 72 valence electrons. The molecule has 0 fully saturated rings. The summed E-state index contributed by atoms with van der Waals surface area (Å²) in [7, 11) is 0. The van der Waals surface area contributed by atoms with Crippen molar-refractivity contribution in [1.29, 1.82) is 0 Å². The second kappa shape index (κ2) is 4.64. The average molecular weight is 198 g/mol. The summed E-state index contributed by atoms with van der Waals surface area (Å²) in [5.74, 6) is 0. The quantitative estimate of drug-likeness (QED) is 0.784. The minimum Gasteiger partial charge on any atom is -0.310 e. The van der Waals surface area contributed by atoms with Crippen LogP contribution in [0, 0.1) is 6.92 Å². The van der Waals surface area contributed by atoms with Gasteiger partial charge >= 0.3 is 0 Å². The van der Waals surface area contributed by atoms with Crippen molar-refractivity contribution in [2.75, 3.05) is 6.54 Å². The normalized spacial score (nSPS) is 12.9. The van der Waals surface area contributed by atoms with E-state index in [1.165, 1.54) is 5.56 Å². The van der Waals surface area contributed by atoms with Crippen molar-refractivity contribution >= 4 is 11.6 Å². The van der Waals surface area contributed by atoms with Gasteiger partial charge in [-0.05, 0) is 37.6 Å². The first-order valence-corrected chi connectivity index (χ1v) is 5.02. The van der Waals surface area contributed by atoms with Gasteiger partial charge in [-0.15, -0.1) is 0 Å². The average Bonchev–Trinajstić information content (AvgIpc) is 2.10. The summed E-state index contributed by atoms with van der Waals surface area (Å²) in [6, 6.07) is 6.57. The minimum absolute atomic E-state index is 0.404. The highest BCUT2D eigenvalue weighted by atomic mass is 35.5. The van der Waals surface area contributed by atoms with E-state index in [0.717, 1.165) is 17.1 Å². The zero-order valence-corrected chi connectivity index (χ0v) is 9.15. The van der Waals surface area contributed by atoms with Gasteiger partial charge in [0, 0.05) is 11.1 Å². The Hall–Kier alpha value is -0.530. The standard InChI is InChI=1S/C11H16ClN/c1-4-13-9(3)10-5-6-11(12)8(2)7-10/h5-7,9,13H,4H2,1-3H3. The Labute approximate surface area is 85.1 Å². The lowest BCUT2D eigenvalue weighted by Gasteiger charge is -2.13. The molecule has 0 saturated carbocycles. The van der Waals surface area contributed by atoms with E-state index in [4.69, 9.17) is 11.6 Å². The molecule has 0 heterocycles. The SMILES string of the molecule is CCNC(C)c1ccc(Cl)c(C)c1. The molecule has 1 rings (SSSR count). The molecule has 0 aliphatic heterocycles. The molecule has 1 aromatic carbocycles. The molecule has 0 spiro atoms. The van der Waals surface area contributed by atoms with Gasteiger partial charge < -0.3 is 5.32 Å². The van der Waals surface area contributed by atoms with Gasteiger partial charge in [0.2, 0.25) is 0 Å². The second-order valence-electron chi connectivity index (χ2n) is 3.29. The maximum atomic E-state index is 5.94. The van der Waals surface area contributed by atoms with E-state index >= 15 is 0 Å². The van der Waals surface area contributed by atoms with E-state index in [9.17, 15) is 0 Å². The van der Waals surface area contributed by atoms with Gasteiger partial charge in [-0.1, -0.05) is 30.7 Å². The van der Waals surface area contributed by atoms with E-state index in [0.29, 0.717) is 6.04 Å². The zero-order chi connectivity index (χ0) is 9.84. The van der Waals surface area contributed by atoms with Crippen LogP contribution in [0.1, 0.15) is 31.0 Å². The lowest BCUT2D eigenvalue weighted by molar-refractivity contribution is 0.598. The number of rotatable bonds is 3. The van der Waals surface area contributed by atoms with Crippen LogP contribution in [0.15, 0.2) is 18.2 Å². The fraction of sp³-hybridized carbons (Fsp3) is 0.455. The van der Waals surface area contributed by atoms with Crippen LogP contribution in [-0.2, 0) is 0 Å². The monoisotopic (exact) mass is 197 g/mol. The second-order valence-corrected chi connectivity index (χ2v) is 3.70. The summed E-state index contributed by atoms with van der Waals surface area (Å²) in [5.41, 5.74) is 2.44. The molecular formula is C11H16ClN. The van der Waals surface area contributed by atoms with Crippen LogP contribution in [-0.4, -0.2) is 6.54 Å². The van der Waals surface area contributed by atoms with Gasteiger partial charge in [0.1, 0.15) is 0 Å². The number of hydrogen-bond acceptors (Lipinski definition) is 1. The number of benzene rings is 1. The van der Waals surface area contributed by atoms with Crippen LogP contribution < -0.4 is 5.32 Å². The molecule has 1 N–H and O–H groups in total. The molecule has 1 nitrogen and oxygen atoms in total. The Balaban J connectivity index is 2.84. The fourth-order valence-corrected chi connectivity index (χ4v) is 1.48. The Morgan fingerprint density at radius 1 is 1.46 bits per heavy atom. The Morgan fingerprint density at radius 3 is 2.69 bits per heavy atom. The molecule has 0 amide bonds. The minimum atomic E-state index is 0.404. The lowest BCUT2D eigenvalue weighted by Crippen LogP contribution is -2.17. The Bertz CT molecular complexity index is 283. The zero-order valence-electron chi connectivity index (χ0n) is 8.39. The smallest absolute Gasteiger partial charge is 0.0435 e. The lowest BCUT2D eigenvalue weighted by atomic mass is 10.1. The third-order valence-electron chi connectivity index (χ3n) is 2.19. The third-order valence-corrected chi connectivity index (χ3v) is 2.62. The highest BCUT2D eigenvalue weighted by Gasteiger charge is 2.04. The number of aryl methyl sites for hydroxylation is 1. The van der Waals surface area contributed by atoms with E-state index in [2.05, 4.69) is 31.3 Å².